The highest BCUT2D eigenvalue weighted by Gasteiger charge is 2.18. The molecular weight excluding hydrogens is 260 g/mol. The van der Waals surface area contributed by atoms with E-state index in [1.807, 2.05) is 6.07 Å². The quantitative estimate of drug-likeness (QED) is 0.680. The minimum absolute atomic E-state index is 0.156. The zero-order chi connectivity index (χ0) is 14.7. The number of hydrogen-bond donors (Lipinski definition) is 1. The average Bonchev–Trinajstić information content (AvgIpc) is 2.46. The van der Waals surface area contributed by atoms with Gasteiger partial charge in [0.25, 0.3) is 5.69 Å². The lowest BCUT2D eigenvalue weighted by Gasteiger charge is -2.04. The smallest absolute Gasteiger partial charge is 0.335 e. The summed E-state index contributed by atoms with van der Waals surface area (Å²) >= 11 is 0. The molecule has 0 aliphatic rings. The molecule has 1 N–H and O–H groups in total. The normalized spacial score (nSPS) is 9.75. The van der Waals surface area contributed by atoms with Gasteiger partial charge in [-0.15, -0.1) is 0 Å². The summed E-state index contributed by atoms with van der Waals surface area (Å²) in [6.45, 7) is 0. The molecule has 0 bridgehead atoms. The summed E-state index contributed by atoms with van der Waals surface area (Å²) in [5.41, 5.74) is 0.681. The Hall–Kier alpha value is -3.20. The molecule has 6 nitrogen and oxygen atoms in total. The highest BCUT2D eigenvalue weighted by atomic mass is 16.6. The second kappa shape index (κ2) is 5.20. The largest absolute Gasteiger partial charge is 0.478 e. The van der Waals surface area contributed by atoms with Gasteiger partial charge >= 0.3 is 5.97 Å². The number of carboxylic acids is 1. The molecule has 0 aromatic heterocycles. The molecule has 98 valence electrons. The highest BCUT2D eigenvalue weighted by Crippen LogP contribution is 2.31. The van der Waals surface area contributed by atoms with Gasteiger partial charge in [0, 0.05) is 6.07 Å². The number of rotatable bonds is 3. The molecule has 0 amide bonds. The van der Waals surface area contributed by atoms with Crippen LogP contribution in [0.5, 0.6) is 0 Å². The number of benzene rings is 2. The van der Waals surface area contributed by atoms with Gasteiger partial charge in [-0.1, -0.05) is 12.1 Å². The second-order valence-electron chi connectivity index (χ2n) is 3.99. The number of nitro benzene ring substituents is 1. The van der Waals surface area contributed by atoms with Gasteiger partial charge < -0.3 is 5.11 Å². The molecule has 2 aromatic carbocycles. The maximum absolute atomic E-state index is 11.1. The Labute approximate surface area is 113 Å². The maximum Gasteiger partial charge on any atom is 0.335 e. The molecule has 2 aromatic rings. The third-order valence-electron chi connectivity index (χ3n) is 2.74. The van der Waals surface area contributed by atoms with Gasteiger partial charge in [0.15, 0.2) is 0 Å². The molecule has 0 aliphatic heterocycles. The third-order valence-corrected chi connectivity index (χ3v) is 2.74. The first-order valence-electron chi connectivity index (χ1n) is 5.55. The fraction of sp³-hybridized carbons (Fsp3) is 0. The van der Waals surface area contributed by atoms with Gasteiger partial charge in [-0.05, 0) is 29.8 Å². The van der Waals surface area contributed by atoms with E-state index >= 15 is 0 Å². The summed E-state index contributed by atoms with van der Waals surface area (Å²) in [4.78, 5) is 21.3. The topological polar surface area (TPSA) is 104 Å². The van der Waals surface area contributed by atoms with E-state index in [1.165, 1.54) is 18.2 Å². The molecule has 0 saturated heterocycles. The maximum atomic E-state index is 11.1. The number of nitro groups is 1. The van der Waals surface area contributed by atoms with Crippen molar-refractivity contribution in [3.05, 3.63) is 63.7 Å². The summed E-state index contributed by atoms with van der Waals surface area (Å²) in [7, 11) is 0. The van der Waals surface area contributed by atoms with E-state index in [2.05, 4.69) is 0 Å². The van der Waals surface area contributed by atoms with Crippen molar-refractivity contribution in [3.8, 4) is 17.2 Å². The SMILES string of the molecule is N#Cc1cccc(-c2ccc(C(=O)O)cc2[N+](=O)[O-])c1. The van der Waals surface area contributed by atoms with E-state index in [-0.39, 0.29) is 16.8 Å². The standard InChI is InChI=1S/C14H8N2O4/c15-8-9-2-1-3-10(6-9)12-5-4-11(14(17)18)7-13(12)16(19)20/h1-7H,(H,17,18). The molecule has 0 atom stereocenters. The first-order chi connectivity index (χ1) is 9.52. The second-order valence-corrected chi connectivity index (χ2v) is 3.99. The summed E-state index contributed by atoms with van der Waals surface area (Å²) in [5, 5.41) is 28.8. The van der Waals surface area contributed by atoms with Gasteiger partial charge in [-0.2, -0.15) is 5.26 Å². The Morgan fingerprint density at radius 1 is 1.25 bits per heavy atom. The van der Waals surface area contributed by atoms with Crippen molar-refractivity contribution in [3.63, 3.8) is 0 Å². The minimum Gasteiger partial charge on any atom is -0.478 e. The average molecular weight is 268 g/mol. The number of hydrogen-bond acceptors (Lipinski definition) is 4. The lowest BCUT2D eigenvalue weighted by molar-refractivity contribution is -0.384. The molecule has 0 aliphatic carbocycles. The van der Waals surface area contributed by atoms with E-state index in [0.29, 0.717) is 11.1 Å². The zero-order valence-electron chi connectivity index (χ0n) is 10.1. The van der Waals surface area contributed by atoms with Crippen LogP contribution < -0.4 is 0 Å². The van der Waals surface area contributed by atoms with Gasteiger partial charge in [-0.3, -0.25) is 10.1 Å². The molecule has 0 fully saturated rings. The number of carbonyl (C=O) groups is 1. The van der Waals surface area contributed by atoms with Crippen molar-refractivity contribution < 1.29 is 14.8 Å². The lowest BCUT2D eigenvalue weighted by Crippen LogP contribution is -1.99. The van der Waals surface area contributed by atoms with Crippen LogP contribution in [0.2, 0.25) is 0 Å². The van der Waals surface area contributed by atoms with Crippen molar-refractivity contribution in [1.82, 2.24) is 0 Å². The Morgan fingerprint density at radius 3 is 2.60 bits per heavy atom. The predicted molar refractivity (Wildman–Crippen MR) is 70.2 cm³/mol. The Bertz CT molecular complexity index is 747. The molecular formula is C14H8N2O4. The summed E-state index contributed by atoms with van der Waals surface area (Å²) in [5.74, 6) is -1.23. The Morgan fingerprint density at radius 2 is 2.00 bits per heavy atom. The molecule has 0 spiro atoms. The molecule has 2 rings (SSSR count). The van der Waals surface area contributed by atoms with Gasteiger partial charge in [-0.25, -0.2) is 4.79 Å². The van der Waals surface area contributed by atoms with Crippen LogP contribution in [0.15, 0.2) is 42.5 Å². The van der Waals surface area contributed by atoms with Crippen LogP contribution in [0.1, 0.15) is 15.9 Å². The summed E-state index contributed by atoms with van der Waals surface area (Å²) in [6, 6.07) is 12.0. The van der Waals surface area contributed by atoms with E-state index in [1.54, 1.807) is 18.2 Å². The molecule has 6 heteroatoms. The van der Waals surface area contributed by atoms with Crippen molar-refractivity contribution >= 4 is 11.7 Å². The Kier molecular flexibility index (Phi) is 3.44. The molecule has 0 heterocycles. The predicted octanol–water partition coefficient (Wildman–Crippen LogP) is 2.83. The van der Waals surface area contributed by atoms with Crippen molar-refractivity contribution in [2.45, 2.75) is 0 Å². The zero-order valence-corrected chi connectivity index (χ0v) is 10.1. The lowest BCUT2D eigenvalue weighted by atomic mass is 10.00. The van der Waals surface area contributed by atoms with Gasteiger partial charge in [0.1, 0.15) is 0 Å². The van der Waals surface area contributed by atoms with E-state index in [4.69, 9.17) is 10.4 Å². The third kappa shape index (κ3) is 2.47. The van der Waals surface area contributed by atoms with E-state index in [0.717, 1.165) is 6.07 Å². The van der Waals surface area contributed by atoms with Gasteiger partial charge in [0.2, 0.25) is 0 Å². The number of nitriles is 1. The molecule has 0 unspecified atom stereocenters. The number of nitrogens with zero attached hydrogens (tertiary/aromatic N) is 2. The van der Waals surface area contributed by atoms with Crippen molar-refractivity contribution in [2.75, 3.05) is 0 Å². The molecule has 0 radical (unpaired) electrons. The van der Waals surface area contributed by atoms with Crippen LogP contribution in [0, 0.1) is 21.4 Å². The minimum atomic E-state index is -1.23. The van der Waals surface area contributed by atoms with E-state index < -0.39 is 10.9 Å². The number of carboxylic acid groups (broad SMARTS) is 1. The fourth-order valence-corrected chi connectivity index (χ4v) is 1.82. The van der Waals surface area contributed by atoms with Crippen LogP contribution in [-0.2, 0) is 0 Å². The van der Waals surface area contributed by atoms with Crippen molar-refractivity contribution in [2.24, 2.45) is 0 Å². The van der Waals surface area contributed by atoms with Crippen LogP contribution in [0.3, 0.4) is 0 Å². The van der Waals surface area contributed by atoms with Crippen LogP contribution in [0.25, 0.3) is 11.1 Å². The first-order valence-corrected chi connectivity index (χ1v) is 5.55. The molecule has 0 saturated carbocycles. The summed E-state index contributed by atoms with van der Waals surface area (Å²) in [6.07, 6.45) is 0. The van der Waals surface area contributed by atoms with Crippen molar-refractivity contribution in [1.29, 1.82) is 5.26 Å². The number of aromatic carboxylic acids is 1. The Balaban J connectivity index is 2.64. The monoisotopic (exact) mass is 268 g/mol. The van der Waals surface area contributed by atoms with E-state index in [9.17, 15) is 14.9 Å². The first kappa shape index (κ1) is 13.2. The molecule has 20 heavy (non-hydrogen) atoms. The van der Waals surface area contributed by atoms with Crippen LogP contribution in [0.4, 0.5) is 5.69 Å². The highest BCUT2D eigenvalue weighted by molar-refractivity contribution is 5.90. The van der Waals surface area contributed by atoms with Gasteiger partial charge in [0.05, 0.1) is 27.7 Å². The van der Waals surface area contributed by atoms with Crippen LogP contribution >= 0.6 is 0 Å². The van der Waals surface area contributed by atoms with Crippen LogP contribution in [-0.4, -0.2) is 16.0 Å². The summed E-state index contributed by atoms with van der Waals surface area (Å²) < 4.78 is 0. The fourth-order valence-electron chi connectivity index (χ4n) is 1.82.